The maximum absolute atomic E-state index is 12.9. The summed E-state index contributed by atoms with van der Waals surface area (Å²) in [6.07, 6.45) is 27.5. The first kappa shape index (κ1) is 64.9. The fourth-order valence-corrected chi connectivity index (χ4v) is 10.6. The van der Waals surface area contributed by atoms with Gasteiger partial charge in [-0.25, -0.2) is 13.9 Å². The number of carbonyl (C=O) groups excluding carboxylic acids is 2. The molecule has 0 amide bonds. The molecular weight excluding hydrogens is 957 g/mol. The predicted molar refractivity (Wildman–Crippen MR) is 275 cm³/mol. The van der Waals surface area contributed by atoms with E-state index in [4.69, 9.17) is 29.0 Å². The van der Waals surface area contributed by atoms with Crippen molar-refractivity contribution in [1.82, 2.24) is 9.55 Å². The van der Waals surface area contributed by atoms with Gasteiger partial charge in [-0.05, 0) is 30.7 Å². The second-order valence-corrected chi connectivity index (χ2v) is 23.2. The van der Waals surface area contributed by atoms with Crippen molar-refractivity contribution in [2.75, 3.05) is 25.6 Å². The van der Waals surface area contributed by atoms with E-state index in [-0.39, 0.29) is 18.7 Å². The van der Waals surface area contributed by atoms with E-state index in [9.17, 15) is 43.5 Å². The molecule has 0 spiro atoms. The van der Waals surface area contributed by atoms with Gasteiger partial charge >= 0.3 is 33.3 Å². The molecule has 0 aromatic carbocycles. The van der Waals surface area contributed by atoms with E-state index in [1.807, 2.05) is 0 Å². The smallest absolute Gasteiger partial charge is 0.462 e. The lowest BCUT2D eigenvalue weighted by molar-refractivity contribution is -0.161. The molecule has 1 aromatic rings. The summed E-state index contributed by atoms with van der Waals surface area (Å²) in [6, 6.07) is 1.25. The highest BCUT2D eigenvalue weighted by Gasteiger charge is 2.46. The molecule has 4 unspecified atom stereocenters. The Morgan fingerprint density at radius 1 is 0.676 bits per heavy atom. The Balaban J connectivity index is 1.76. The Hall–Kier alpha value is -2.24. The lowest BCUT2D eigenvalue weighted by atomic mass is 9.99. The first-order valence-electron chi connectivity index (χ1n) is 27.3. The van der Waals surface area contributed by atoms with Gasteiger partial charge in [-0.2, -0.15) is 9.29 Å². The zero-order chi connectivity index (χ0) is 52.3. The van der Waals surface area contributed by atoms with Crippen molar-refractivity contribution in [3.8, 4) is 0 Å². The van der Waals surface area contributed by atoms with Crippen LogP contribution in [0.2, 0.25) is 0 Å². The fraction of sp³-hybridized carbons (Fsp3) is 0.882. The van der Waals surface area contributed by atoms with Gasteiger partial charge in [0.15, 0.2) is 12.3 Å². The van der Waals surface area contributed by atoms with Crippen LogP contribution >= 0.6 is 15.6 Å². The van der Waals surface area contributed by atoms with Crippen molar-refractivity contribution in [1.29, 1.82) is 0 Å². The molecule has 1 aromatic heterocycles. The maximum Gasteiger partial charge on any atom is 0.481 e. The van der Waals surface area contributed by atoms with E-state index in [2.05, 4.69) is 37.0 Å². The Morgan fingerprint density at radius 3 is 1.61 bits per heavy atom. The molecule has 6 N–H and O–H groups in total. The number of phosphoric ester groups is 2. The van der Waals surface area contributed by atoms with Crippen LogP contribution in [-0.4, -0.2) is 85.7 Å². The third kappa shape index (κ3) is 32.0. The summed E-state index contributed by atoms with van der Waals surface area (Å²) in [7, 11) is -10.8. The molecule has 2 rings (SSSR count). The van der Waals surface area contributed by atoms with E-state index in [0.717, 1.165) is 67.8 Å². The van der Waals surface area contributed by atoms with Crippen molar-refractivity contribution in [2.45, 2.75) is 257 Å². The summed E-state index contributed by atoms with van der Waals surface area (Å²) in [6.45, 7) is 6.86. The number of aromatic nitrogens is 2. The van der Waals surface area contributed by atoms with Gasteiger partial charge in [0.05, 0.1) is 13.2 Å². The number of rotatable bonds is 45. The van der Waals surface area contributed by atoms with Crippen LogP contribution in [-0.2, 0) is 46.3 Å². The monoisotopic (exact) mass is 1050 g/mol. The van der Waals surface area contributed by atoms with Gasteiger partial charge in [-0.15, -0.1) is 0 Å². The number of esters is 2. The number of aliphatic hydroxyl groups is 2. The van der Waals surface area contributed by atoms with Crippen molar-refractivity contribution in [2.24, 2.45) is 11.8 Å². The van der Waals surface area contributed by atoms with Crippen molar-refractivity contribution < 1.29 is 66.3 Å². The molecule has 0 bridgehead atoms. The predicted octanol–water partition coefficient (Wildman–Crippen LogP) is 11.6. The van der Waals surface area contributed by atoms with E-state index < -0.39 is 83.7 Å². The topological polar surface area (TPSA) is 265 Å². The molecule has 20 heteroatoms. The average Bonchev–Trinajstić information content (AvgIpc) is 3.59. The summed E-state index contributed by atoms with van der Waals surface area (Å²) < 4.78 is 56.9. The third-order valence-electron chi connectivity index (χ3n) is 13.2. The molecule has 1 saturated heterocycles. The molecule has 18 nitrogen and oxygen atoms in total. The van der Waals surface area contributed by atoms with Gasteiger partial charge in [0, 0.05) is 19.0 Å². The molecule has 1 fully saturated rings. The number of nitrogens with zero attached hydrogens (tertiary/aromatic N) is 2. The van der Waals surface area contributed by atoms with Gasteiger partial charge in [-0.3, -0.25) is 23.2 Å². The molecule has 0 saturated carbocycles. The summed E-state index contributed by atoms with van der Waals surface area (Å²) in [5.74, 6) is 0.348. The summed E-state index contributed by atoms with van der Waals surface area (Å²) in [5, 5.41) is 20.9. The molecule has 1 aliphatic rings. The lowest BCUT2D eigenvalue weighted by Gasteiger charge is -2.21. The second-order valence-electron chi connectivity index (χ2n) is 20.2. The normalized spacial score (nSPS) is 19.6. The zero-order valence-corrected chi connectivity index (χ0v) is 45.7. The van der Waals surface area contributed by atoms with Crippen molar-refractivity contribution in [3.05, 3.63) is 22.7 Å². The highest BCUT2D eigenvalue weighted by Crippen LogP contribution is 2.60. The largest absolute Gasteiger partial charge is 0.481 e. The van der Waals surface area contributed by atoms with E-state index in [0.29, 0.717) is 12.8 Å². The Morgan fingerprint density at radius 2 is 1.13 bits per heavy atom. The number of ether oxygens (including phenoxy) is 3. The van der Waals surface area contributed by atoms with Gasteiger partial charge in [0.1, 0.15) is 30.7 Å². The molecule has 1 aliphatic heterocycles. The molecule has 0 aliphatic carbocycles. The minimum atomic E-state index is -5.42. The van der Waals surface area contributed by atoms with Crippen LogP contribution in [0.15, 0.2) is 17.1 Å². The van der Waals surface area contributed by atoms with Crippen LogP contribution in [0.5, 0.6) is 0 Å². The third-order valence-corrected chi connectivity index (χ3v) is 15.8. The molecule has 414 valence electrons. The summed E-state index contributed by atoms with van der Waals surface area (Å²) >= 11 is 0. The number of aliphatic hydroxyl groups excluding tert-OH is 2. The molecule has 2 heterocycles. The summed E-state index contributed by atoms with van der Waals surface area (Å²) in [4.78, 5) is 62.0. The number of phosphoric acid groups is 2. The van der Waals surface area contributed by atoms with Gasteiger partial charge in [0.25, 0.3) is 0 Å². The van der Waals surface area contributed by atoms with E-state index in [1.165, 1.54) is 134 Å². The number of unbranched alkanes of at least 4 members (excludes halogenated alkanes) is 24. The van der Waals surface area contributed by atoms with Crippen LogP contribution < -0.4 is 11.4 Å². The van der Waals surface area contributed by atoms with Crippen LogP contribution in [0.4, 0.5) is 5.82 Å². The van der Waals surface area contributed by atoms with Crippen LogP contribution in [0.25, 0.3) is 0 Å². The summed E-state index contributed by atoms with van der Waals surface area (Å²) in [5.41, 5.74) is 4.60. The Bertz CT molecular complexity index is 1720. The zero-order valence-electron chi connectivity index (χ0n) is 43.9. The number of anilines is 1. The first-order valence-corrected chi connectivity index (χ1v) is 30.3. The quantitative estimate of drug-likeness (QED) is 0.0231. The van der Waals surface area contributed by atoms with Gasteiger partial charge < -0.3 is 39.9 Å². The van der Waals surface area contributed by atoms with Crippen LogP contribution in [0, 0.1) is 11.8 Å². The van der Waals surface area contributed by atoms with Gasteiger partial charge in [-0.1, -0.05) is 201 Å². The second kappa shape index (κ2) is 38.3. The Kier molecular flexibility index (Phi) is 35.0. The SMILES string of the molecule is CCC(C)CCCCCCCCCCCCCCCCC(=O)OC[C@H](COP(=O)(O)OP(=O)(O)OC[C@H]1O[C@@H](n2ccc(N)nc2=O)C(O)[C@H]1O)OC(=O)CCCCCCCCCCCCCCC(C)C. The van der Waals surface area contributed by atoms with Crippen molar-refractivity contribution >= 4 is 33.4 Å². The number of hydrogen-bond donors (Lipinski definition) is 5. The lowest BCUT2D eigenvalue weighted by Crippen LogP contribution is -2.36. The molecule has 71 heavy (non-hydrogen) atoms. The van der Waals surface area contributed by atoms with Gasteiger partial charge in [0.2, 0.25) is 0 Å². The fourth-order valence-electron chi connectivity index (χ4n) is 8.54. The highest BCUT2D eigenvalue weighted by atomic mass is 31.3. The van der Waals surface area contributed by atoms with Crippen LogP contribution in [0.1, 0.15) is 233 Å². The highest BCUT2D eigenvalue weighted by molar-refractivity contribution is 7.61. The Labute approximate surface area is 425 Å². The number of carbonyl (C=O) groups is 2. The van der Waals surface area contributed by atoms with Crippen LogP contribution in [0.3, 0.4) is 0 Å². The molecule has 0 radical (unpaired) electrons. The minimum absolute atomic E-state index is 0.0566. The first-order chi connectivity index (χ1) is 33.9. The maximum atomic E-state index is 12.9. The van der Waals surface area contributed by atoms with Crippen molar-refractivity contribution in [3.63, 3.8) is 0 Å². The van der Waals surface area contributed by atoms with E-state index in [1.54, 1.807) is 0 Å². The number of nitrogen functional groups attached to an aromatic ring is 1. The molecule has 8 atom stereocenters. The number of hydrogen-bond acceptors (Lipinski definition) is 15. The minimum Gasteiger partial charge on any atom is -0.462 e. The average molecular weight is 1050 g/mol. The standard InChI is InChI=1S/C51H95N3O15P2/c1-5-42(4)33-29-25-21-17-13-8-6-7-9-14-18-22-26-30-34-46(55)64-38-43(67-47(56)35-31-27-23-19-15-11-10-12-16-20-24-28-32-41(2)3)39-65-70(60,61)69-71(62,63)66-40-44-48(57)49(58)50(68-44)54-37-36-45(52)53-51(54)59/h36-37,41-44,48-50,57-58H,5-35,38-40H2,1-4H3,(H,60,61)(H,62,63)(H2,52,53,59)/t42?,43-,44-,48+,49?,50-/m1/s1. The van der Waals surface area contributed by atoms with E-state index >= 15 is 0 Å². The molecular formula is C51H95N3O15P2. The number of nitrogens with two attached hydrogens (primary N) is 1.